The molecule has 2 aromatic rings. The van der Waals surface area contributed by atoms with Gasteiger partial charge in [-0.05, 0) is 53.3 Å². The van der Waals surface area contributed by atoms with Crippen molar-refractivity contribution in [1.29, 1.82) is 0 Å². The van der Waals surface area contributed by atoms with Crippen LogP contribution in [0.1, 0.15) is 24.2 Å². The predicted molar refractivity (Wildman–Crippen MR) is 73.1 cm³/mol. The van der Waals surface area contributed by atoms with Gasteiger partial charge in [0.25, 0.3) is 0 Å². The van der Waals surface area contributed by atoms with E-state index in [0.29, 0.717) is 0 Å². The van der Waals surface area contributed by atoms with Crippen molar-refractivity contribution in [3.8, 4) is 0 Å². The highest BCUT2D eigenvalue weighted by atomic mass is 127. The number of nitrogens with two attached hydrogens (primary N) is 1. The molecule has 0 aliphatic rings. The van der Waals surface area contributed by atoms with Crippen LogP contribution in [0.2, 0.25) is 0 Å². The van der Waals surface area contributed by atoms with Gasteiger partial charge < -0.3 is 5.73 Å². The van der Waals surface area contributed by atoms with Gasteiger partial charge in [-0.1, -0.05) is 12.1 Å². The zero-order valence-corrected chi connectivity index (χ0v) is 11.3. The molecular formula is C12H14IN3. The van der Waals surface area contributed by atoms with Crippen LogP contribution in [0.3, 0.4) is 0 Å². The molecule has 0 aliphatic heterocycles. The minimum atomic E-state index is -0.0977. The van der Waals surface area contributed by atoms with Gasteiger partial charge in [0.15, 0.2) is 0 Å². The van der Waals surface area contributed by atoms with Crippen LogP contribution in [0.4, 0.5) is 0 Å². The third-order valence-corrected chi connectivity index (χ3v) is 3.32. The summed E-state index contributed by atoms with van der Waals surface area (Å²) in [5.74, 6) is 0. The molecule has 84 valence electrons. The lowest BCUT2D eigenvalue weighted by molar-refractivity contribution is 0.601. The molecule has 0 bridgehead atoms. The van der Waals surface area contributed by atoms with Crippen molar-refractivity contribution >= 4 is 22.6 Å². The molecular weight excluding hydrogens is 313 g/mol. The SMILES string of the molecule is CCn1nccc1C(N)c1ccc(I)cc1. The maximum absolute atomic E-state index is 6.22. The van der Waals surface area contributed by atoms with E-state index < -0.39 is 0 Å². The van der Waals surface area contributed by atoms with E-state index in [1.165, 1.54) is 3.57 Å². The Morgan fingerprint density at radius 3 is 2.62 bits per heavy atom. The second-order valence-corrected chi connectivity index (χ2v) is 4.85. The van der Waals surface area contributed by atoms with E-state index in [1.54, 1.807) is 6.20 Å². The van der Waals surface area contributed by atoms with Gasteiger partial charge >= 0.3 is 0 Å². The average Bonchev–Trinajstić information content (AvgIpc) is 2.77. The zero-order valence-electron chi connectivity index (χ0n) is 9.10. The molecule has 1 unspecified atom stereocenters. The summed E-state index contributed by atoms with van der Waals surface area (Å²) < 4.78 is 3.15. The van der Waals surface area contributed by atoms with Crippen LogP contribution >= 0.6 is 22.6 Å². The van der Waals surface area contributed by atoms with Gasteiger partial charge in [-0.2, -0.15) is 5.10 Å². The van der Waals surface area contributed by atoms with Gasteiger partial charge in [-0.25, -0.2) is 0 Å². The smallest absolute Gasteiger partial charge is 0.0723 e. The maximum atomic E-state index is 6.22. The molecule has 16 heavy (non-hydrogen) atoms. The third kappa shape index (κ3) is 2.27. The van der Waals surface area contributed by atoms with E-state index in [1.807, 2.05) is 10.7 Å². The standard InChI is InChI=1S/C12H14IN3/c1-2-16-11(7-8-15-16)12(14)9-3-5-10(13)6-4-9/h3-8,12H,2,14H2,1H3. The van der Waals surface area contributed by atoms with Crippen LogP contribution in [-0.4, -0.2) is 9.78 Å². The second-order valence-electron chi connectivity index (χ2n) is 3.60. The van der Waals surface area contributed by atoms with Crippen molar-refractivity contribution in [2.75, 3.05) is 0 Å². The van der Waals surface area contributed by atoms with Crippen LogP contribution < -0.4 is 5.73 Å². The first-order valence-corrected chi connectivity index (χ1v) is 6.33. The molecule has 2 rings (SSSR count). The highest BCUT2D eigenvalue weighted by Gasteiger charge is 2.12. The molecule has 0 spiro atoms. The second kappa shape index (κ2) is 4.97. The number of hydrogen-bond acceptors (Lipinski definition) is 2. The Labute approximate surface area is 109 Å². The van der Waals surface area contributed by atoms with Crippen molar-refractivity contribution in [3.63, 3.8) is 0 Å². The fraction of sp³-hybridized carbons (Fsp3) is 0.250. The van der Waals surface area contributed by atoms with Crippen molar-refractivity contribution in [2.45, 2.75) is 19.5 Å². The van der Waals surface area contributed by atoms with E-state index in [0.717, 1.165) is 17.8 Å². The van der Waals surface area contributed by atoms with E-state index >= 15 is 0 Å². The Balaban J connectivity index is 2.31. The zero-order chi connectivity index (χ0) is 11.5. The Morgan fingerprint density at radius 2 is 2.00 bits per heavy atom. The van der Waals surface area contributed by atoms with Gasteiger partial charge in [0.05, 0.1) is 11.7 Å². The summed E-state index contributed by atoms with van der Waals surface area (Å²) in [6.07, 6.45) is 1.80. The maximum Gasteiger partial charge on any atom is 0.0723 e. The number of aromatic nitrogens is 2. The quantitative estimate of drug-likeness (QED) is 0.881. The Bertz CT molecular complexity index is 461. The highest BCUT2D eigenvalue weighted by molar-refractivity contribution is 14.1. The number of benzene rings is 1. The molecule has 0 radical (unpaired) electrons. The fourth-order valence-corrected chi connectivity index (χ4v) is 2.07. The Kier molecular flexibility index (Phi) is 3.60. The van der Waals surface area contributed by atoms with Gasteiger partial charge in [-0.15, -0.1) is 0 Å². The highest BCUT2D eigenvalue weighted by Crippen LogP contribution is 2.20. The number of hydrogen-bond donors (Lipinski definition) is 1. The van der Waals surface area contributed by atoms with Gasteiger partial charge in [0, 0.05) is 16.3 Å². The first-order chi connectivity index (χ1) is 7.72. The molecule has 1 heterocycles. The lowest BCUT2D eigenvalue weighted by atomic mass is 10.1. The van der Waals surface area contributed by atoms with Gasteiger partial charge in [-0.3, -0.25) is 4.68 Å². The molecule has 0 saturated heterocycles. The van der Waals surface area contributed by atoms with Crippen LogP contribution in [0, 0.1) is 3.57 Å². The molecule has 3 nitrogen and oxygen atoms in total. The monoisotopic (exact) mass is 327 g/mol. The minimum Gasteiger partial charge on any atom is -0.319 e. The molecule has 0 fully saturated rings. The first-order valence-electron chi connectivity index (χ1n) is 5.25. The summed E-state index contributed by atoms with van der Waals surface area (Å²) >= 11 is 2.29. The lowest BCUT2D eigenvalue weighted by Gasteiger charge is -2.13. The fourth-order valence-electron chi connectivity index (χ4n) is 1.71. The molecule has 4 heteroatoms. The topological polar surface area (TPSA) is 43.8 Å². The number of halogens is 1. The van der Waals surface area contributed by atoms with Crippen molar-refractivity contribution in [3.05, 3.63) is 51.4 Å². The number of nitrogens with zero attached hydrogens (tertiary/aromatic N) is 2. The molecule has 1 aromatic heterocycles. The average molecular weight is 327 g/mol. The number of rotatable bonds is 3. The summed E-state index contributed by atoms with van der Waals surface area (Å²) in [5.41, 5.74) is 8.40. The van der Waals surface area contributed by atoms with E-state index in [4.69, 9.17) is 5.73 Å². The Morgan fingerprint density at radius 1 is 1.31 bits per heavy atom. The van der Waals surface area contributed by atoms with E-state index in [9.17, 15) is 0 Å². The summed E-state index contributed by atoms with van der Waals surface area (Å²) in [7, 11) is 0. The lowest BCUT2D eigenvalue weighted by Crippen LogP contribution is -2.17. The Hall–Kier alpha value is -0.880. The molecule has 1 atom stereocenters. The summed E-state index contributed by atoms with van der Waals surface area (Å²) in [5, 5.41) is 4.23. The summed E-state index contributed by atoms with van der Waals surface area (Å²) in [6, 6.07) is 10.2. The van der Waals surface area contributed by atoms with E-state index in [2.05, 4.69) is 58.9 Å². The summed E-state index contributed by atoms with van der Waals surface area (Å²) in [4.78, 5) is 0. The van der Waals surface area contributed by atoms with Crippen LogP contribution in [0.25, 0.3) is 0 Å². The molecule has 2 N–H and O–H groups in total. The van der Waals surface area contributed by atoms with Gasteiger partial charge in [0.2, 0.25) is 0 Å². The van der Waals surface area contributed by atoms with Crippen LogP contribution in [0.15, 0.2) is 36.5 Å². The predicted octanol–water partition coefficient (Wildman–Crippen LogP) is 2.56. The molecule has 1 aromatic carbocycles. The minimum absolute atomic E-state index is 0.0977. The van der Waals surface area contributed by atoms with Crippen molar-refractivity contribution < 1.29 is 0 Å². The molecule has 0 amide bonds. The molecule has 0 aliphatic carbocycles. The van der Waals surface area contributed by atoms with Crippen LogP contribution in [0.5, 0.6) is 0 Å². The molecule has 0 saturated carbocycles. The number of aryl methyl sites for hydroxylation is 1. The van der Waals surface area contributed by atoms with Gasteiger partial charge in [0.1, 0.15) is 0 Å². The largest absolute Gasteiger partial charge is 0.319 e. The van der Waals surface area contributed by atoms with Crippen molar-refractivity contribution in [1.82, 2.24) is 9.78 Å². The third-order valence-electron chi connectivity index (χ3n) is 2.60. The summed E-state index contributed by atoms with van der Waals surface area (Å²) in [6.45, 7) is 2.91. The van der Waals surface area contributed by atoms with E-state index in [-0.39, 0.29) is 6.04 Å². The first kappa shape index (κ1) is 11.6. The normalized spacial score (nSPS) is 12.7. The van der Waals surface area contributed by atoms with Crippen molar-refractivity contribution in [2.24, 2.45) is 5.73 Å². The van der Waals surface area contributed by atoms with Crippen LogP contribution in [-0.2, 0) is 6.54 Å².